The Morgan fingerprint density at radius 3 is 3.05 bits per heavy atom. The van der Waals surface area contributed by atoms with Gasteiger partial charge in [-0.05, 0) is 25.0 Å². The Morgan fingerprint density at radius 1 is 1.55 bits per heavy atom. The predicted molar refractivity (Wildman–Crippen MR) is 82.7 cm³/mol. The molecular weight excluding hydrogens is 320 g/mol. The Hall–Kier alpha value is -0.910. The first-order valence-corrected chi connectivity index (χ1v) is 7.78. The van der Waals surface area contributed by atoms with Crippen LogP contribution in [0.2, 0.25) is 0 Å². The van der Waals surface area contributed by atoms with Crippen LogP contribution in [0.5, 0.6) is 0 Å². The molecule has 1 saturated heterocycles. The SMILES string of the molecule is CC(Cc1ccccc1Br)NC(=O)CC1COCCN1. The van der Waals surface area contributed by atoms with E-state index in [1.807, 2.05) is 25.1 Å². The van der Waals surface area contributed by atoms with Gasteiger partial charge in [0, 0.05) is 29.5 Å². The van der Waals surface area contributed by atoms with Crippen LogP contribution in [0, 0.1) is 0 Å². The number of hydrogen-bond acceptors (Lipinski definition) is 3. The molecule has 1 aliphatic rings. The number of amides is 1. The highest BCUT2D eigenvalue weighted by Crippen LogP contribution is 2.17. The van der Waals surface area contributed by atoms with E-state index in [-0.39, 0.29) is 18.0 Å². The number of ether oxygens (including phenoxy) is 1. The molecule has 1 aromatic carbocycles. The predicted octanol–water partition coefficient (Wildman–Crippen LogP) is 1.87. The normalized spacial score (nSPS) is 20.4. The topological polar surface area (TPSA) is 50.4 Å². The average molecular weight is 341 g/mol. The van der Waals surface area contributed by atoms with E-state index in [2.05, 4.69) is 32.6 Å². The Balaban J connectivity index is 1.77. The quantitative estimate of drug-likeness (QED) is 0.860. The molecule has 5 heteroatoms. The minimum Gasteiger partial charge on any atom is -0.378 e. The van der Waals surface area contributed by atoms with Gasteiger partial charge in [0.15, 0.2) is 0 Å². The molecule has 0 spiro atoms. The van der Waals surface area contributed by atoms with Crippen LogP contribution in [0.25, 0.3) is 0 Å². The van der Waals surface area contributed by atoms with Crippen LogP contribution in [0.15, 0.2) is 28.7 Å². The van der Waals surface area contributed by atoms with Gasteiger partial charge in [-0.1, -0.05) is 34.1 Å². The monoisotopic (exact) mass is 340 g/mol. The molecule has 0 aromatic heterocycles. The van der Waals surface area contributed by atoms with Crippen LogP contribution in [-0.4, -0.2) is 37.7 Å². The molecule has 1 amide bonds. The fraction of sp³-hybridized carbons (Fsp3) is 0.533. The summed E-state index contributed by atoms with van der Waals surface area (Å²) in [5.74, 6) is 0.0764. The minimum atomic E-state index is 0.0764. The number of benzene rings is 1. The smallest absolute Gasteiger partial charge is 0.221 e. The maximum Gasteiger partial charge on any atom is 0.221 e. The molecule has 1 aliphatic heterocycles. The van der Waals surface area contributed by atoms with E-state index >= 15 is 0 Å². The van der Waals surface area contributed by atoms with Gasteiger partial charge in [-0.15, -0.1) is 0 Å². The molecule has 0 saturated carbocycles. The summed E-state index contributed by atoms with van der Waals surface area (Å²) in [5, 5.41) is 6.34. The zero-order chi connectivity index (χ0) is 14.4. The summed E-state index contributed by atoms with van der Waals surface area (Å²) >= 11 is 3.53. The van der Waals surface area contributed by atoms with Crippen molar-refractivity contribution < 1.29 is 9.53 Å². The van der Waals surface area contributed by atoms with E-state index in [0.717, 1.165) is 24.0 Å². The van der Waals surface area contributed by atoms with Gasteiger partial charge in [-0.3, -0.25) is 4.79 Å². The van der Waals surface area contributed by atoms with Crippen LogP contribution < -0.4 is 10.6 Å². The summed E-state index contributed by atoms with van der Waals surface area (Å²) in [6.45, 7) is 4.20. The van der Waals surface area contributed by atoms with E-state index in [4.69, 9.17) is 4.74 Å². The molecule has 110 valence electrons. The van der Waals surface area contributed by atoms with Crippen molar-refractivity contribution in [1.82, 2.24) is 10.6 Å². The molecule has 1 fully saturated rings. The Kier molecular flexibility index (Phi) is 6.01. The maximum atomic E-state index is 12.0. The molecule has 2 rings (SSSR count). The number of morpholine rings is 1. The third kappa shape index (κ3) is 4.89. The Bertz CT molecular complexity index is 447. The highest BCUT2D eigenvalue weighted by molar-refractivity contribution is 9.10. The molecule has 2 N–H and O–H groups in total. The van der Waals surface area contributed by atoms with Crippen LogP contribution >= 0.6 is 15.9 Å². The summed E-state index contributed by atoms with van der Waals surface area (Å²) < 4.78 is 6.44. The molecule has 4 nitrogen and oxygen atoms in total. The molecule has 1 heterocycles. The summed E-state index contributed by atoms with van der Waals surface area (Å²) in [6.07, 6.45) is 1.29. The fourth-order valence-corrected chi connectivity index (χ4v) is 2.80. The fourth-order valence-electron chi connectivity index (χ4n) is 2.35. The van der Waals surface area contributed by atoms with E-state index in [1.165, 1.54) is 5.56 Å². The minimum absolute atomic E-state index is 0.0764. The number of nitrogens with one attached hydrogen (secondary N) is 2. The molecular formula is C15H21BrN2O2. The third-order valence-electron chi connectivity index (χ3n) is 3.32. The van der Waals surface area contributed by atoms with Gasteiger partial charge in [0.05, 0.1) is 13.2 Å². The summed E-state index contributed by atoms with van der Waals surface area (Å²) in [4.78, 5) is 12.0. The molecule has 0 radical (unpaired) electrons. The molecule has 0 bridgehead atoms. The van der Waals surface area contributed by atoms with Crippen molar-refractivity contribution >= 4 is 21.8 Å². The van der Waals surface area contributed by atoms with Gasteiger partial charge >= 0.3 is 0 Å². The van der Waals surface area contributed by atoms with Crippen LogP contribution in [0.1, 0.15) is 18.9 Å². The van der Waals surface area contributed by atoms with Crippen molar-refractivity contribution in [1.29, 1.82) is 0 Å². The number of carbonyl (C=O) groups is 1. The van der Waals surface area contributed by atoms with Crippen LogP contribution in [0.3, 0.4) is 0 Å². The largest absolute Gasteiger partial charge is 0.378 e. The van der Waals surface area contributed by atoms with Crippen molar-refractivity contribution in [2.75, 3.05) is 19.8 Å². The number of rotatable bonds is 5. The molecule has 2 atom stereocenters. The lowest BCUT2D eigenvalue weighted by Gasteiger charge is -2.24. The van der Waals surface area contributed by atoms with Crippen molar-refractivity contribution in [2.24, 2.45) is 0 Å². The number of carbonyl (C=O) groups excluding carboxylic acids is 1. The number of halogens is 1. The second-order valence-electron chi connectivity index (χ2n) is 5.19. The van der Waals surface area contributed by atoms with Crippen LogP contribution in [0.4, 0.5) is 0 Å². The zero-order valence-electron chi connectivity index (χ0n) is 11.7. The van der Waals surface area contributed by atoms with Crippen LogP contribution in [-0.2, 0) is 16.0 Å². The lowest BCUT2D eigenvalue weighted by molar-refractivity contribution is -0.122. The van der Waals surface area contributed by atoms with Crippen molar-refractivity contribution in [3.63, 3.8) is 0 Å². The highest BCUT2D eigenvalue weighted by atomic mass is 79.9. The zero-order valence-corrected chi connectivity index (χ0v) is 13.3. The second-order valence-corrected chi connectivity index (χ2v) is 6.05. The van der Waals surface area contributed by atoms with Gasteiger partial charge < -0.3 is 15.4 Å². The van der Waals surface area contributed by atoms with Gasteiger partial charge in [-0.25, -0.2) is 0 Å². The number of hydrogen-bond donors (Lipinski definition) is 2. The molecule has 20 heavy (non-hydrogen) atoms. The third-order valence-corrected chi connectivity index (χ3v) is 4.10. The lowest BCUT2D eigenvalue weighted by Crippen LogP contribution is -2.45. The summed E-state index contributed by atoms with van der Waals surface area (Å²) in [7, 11) is 0. The van der Waals surface area contributed by atoms with E-state index in [1.54, 1.807) is 0 Å². The standard InChI is InChI=1S/C15H21BrN2O2/c1-11(8-12-4-2-3-5-14(12)16)18-15(19)9-13-10-20-7-6-17-13/h2-5,11,13,17H,6-10H2,1H3,(H,18,19). The van der Waals surface area contributed by atoms with Gasteiger partial charge in [0.2, 0.25) is 5.91 Å². The van der Waals surface area contributed by atoms with E-state index in [9.17, 15) is 4.79 Å². The van der Waals surface area contributed by atoms with Crippen molar-refractivity contribution in [3.8, 4) is 0 Å². The molecule has 1 aromatic rings. The average Bonchev–Trinajstić information content (AvgIpc) is 2.42. The van der Waals surface area contributed by atoms with Gasteiger partial charge in [-0.2, -0.15) is 0 Å². The Labute approximate surface area is 128 Å². The maximum absolute atomic E-state index is 12.0. The molecule has 0 aliphatic carbocycles. The summed E-state index contributed by atoms with van der Waals surface area (Å²) in [6, 6.07) is 8.35. The Morgan fingerprint density at radius 2 is 2.35 bits per heavy atom. The highest BCUT2D eigenvalue weighted by Gasteiger charge is 2.18. The van der Waals surface area contributed by atoms with Crippen molar-refractivity contribution in [3.05, 3.63) is 34.3 Å². The summed E-state index contributed by atoms with van der Waals surface area (Å²) in [5.41, 5.74) is 1.21. The van der Waals surface area contributed by atoms with Gasteiger partial charge in [0.25, 0.3) is 0 Å². The van der Waals surface area contributed by atoms with Crippen molar-refractivity contribution in [2.45, 2.75) is 31.8 Å². The lowest BCUT2D eigenvalue weighted by atomic mass is 10.1. The van der Waals surface area contributed by atoms with E-state index in [0.29, 0.717) is 13.0 Å². The first-order valence-electron chi connectivity index (χ1n) is 6.99. The van der Waals surface area contributed by atoms with Gasteiger partial charge in [0.1, 0.15) is 0 Å². The first-order chi connectivity index (χ1) is 9.65. The van der Waals surface area contributed by atoms with E-state index < -0.39 is 0 Å². The first kappa shape index (κ1) is 15.5. The molecule has 2 unspecified atom stereocenters. The second kappa shape index (κ2) is 7.76.